The summed E-state index contributed by atoms with van der Waals surface area (Å²) in [4.78, 5) is 16.1. The molecule has 1 heterocycles. The fourth-order valence-electron chi connectivity index (χ4n) is 2.35. The highest BCUT2D eigenvalue weighted by Crippen LogP contribution is 2.26. The number of rotatable bonds is 7. The molecule has 122 valence electrons. The molecule has 0 saturated heterocycles. The zero-order valence-corrected chi connectivity index (χ0v) is 14.1. The van der Waals surface area contributed by atoms with Crippen LogP contribution >= 0.6 is 0 Å². The standard InChI is InChI=1S/C19H25N3O/c1-4-5-10-19(23)21-15-11-12-18(20-13-15)22-17-9-7-6-8-16(17)14(2)3/h6-9,11-14H,4-5,10H2,1-3H3,(H,20,22)(H,21,23). The fraction of sp³-hybridized carbons (Fsp3) is 0.368. The van der Waals surface area contributed by atoms with Crippen LogP contribution in [0.5, 0.6) is 0 Å². The van der Waals surface area contributed by atoms with E-state index in [1.807, 2.05) is 24.3 Å². The molecule has 0 aliphatic carbocycles. The SMILES string of the molecule is CCCCC(=O)Nc1ccc(Nc2ccccc2C(C)C)nc1. The molecule has 1 aromatic carbocycles. The largest absolute Gasteiger partial charge is 0.340 e. The molecule has 0 unspecified atom stereocenters. The van der Waals surface area contributed by atoms with E-state index >= 15 is 0 Å². The van der Waals surface area contributed by atoms with E-state index in [2.05, 4.69) is 48.5 Å². The van der Waals surface area contributed by atoms with Crippen molar-refractivity contribution in [2.24, 2.45) is 0 Å². The van der Waals surface area contributed by atoms with Crippen molar-refractivity contribution in [3.63, 3.8) is 0 Å². The Labute approximate surface area is 138 Å². The maximum atomic E-state index is 11.7. The number of hydrogen-bond acceptors (Lipinski definition) is 3. The minimum Gasteiger partial charge on any atom is -0.340 e. The smallest absolute Gasteiger partial charge is 0.224 e. The third kappa shape index (κ3) is 5.09. The highest BCUT2D eigenvalue weighted by Gasteiger charge is 2.07. The molecule has 0 radical (unpaired) electrons. The van der Waals surface area contributed by atoms with Crippen molar-refractivity contribution in [2.75, 3.05) is 10.6 Å². The molecule has 1 amide bonds. The van der Waals surface area contributed by atoms with Gasteiger partial charge >= 0.3 is 0 Å². The van der Waals surface area contributed by atoms with Gasteiger partial charge in [0.2, 0.25) is 5.91 Å². The lowest BCUT2D eigenvalue weighted by molar-refractivity contribution is -0.116. The van der Waals surface area contributed by atoms with Gasteiger partial charge in [0, 0.05) is 12.1 Å². The monoisotopic (exact) mass is 311 g/mol. The van der Waals surface area contributed by atoms with Crippen LogP contribution in [0.15, 0.2) is 42.6 Å². The molecule has 0 bridgehead atoms. The van der Waals surface area contributed by atoms with Crippen molar-refractivity contribution < 1.29 is 4.79 Å². The quantitative estimate of drug-likeness (QED) is 0.750. The minimum absolute atomic E-state index is 0.0412. The van der Waals surface area contributed by atoms with Crippen molar-refractivity contribution in [3.8, 4) is 0 Å². The molecule has 0 aliphatic heterocycles. The summed E-state index contributed by atoms with van der Waals surface area (Å²) in [6.07, 6.45) is 4.16. The fourth-order valence-corrected chi connectivity index (χ4v) is 2.35. The predicted molar refractivity (Wildman–Crippen MR) is 96.2 cm³/mol. The van der Waals surface area contributed by atoms with Crippen LogP contribution in [0.3, 0.4) is 0 Å². The number of nitrogens with one attached hydrogen (secondary N) is 2. The highest BCUT2D eigenvalue weighted by molar-refractivity contribution is 5.90. The Morgan fingerprint density at radius 2 is 1.96 bits per heavy atom. The van der Waals surface area contributed by atoms with Gasteiger partial charge in [-0.05, 0) is 36.1 Å². The van der Waals surface area contributed by atoms with Gasteiger partial charge in [0.25, 0.3) is 0 Å². The summed E-state index contributed by atoms with van der Waals surface area (Å²) in [5.74, 6) is 1.25. The molecule has 2 N–H and O–H groups in total. The van der Waals surface area contributed by atoms with Crippen LogP contribution in [-0.4, -0.2) is 10.9 Å². The van der Waals surface area contributed by atoms with Crippen LogP contribution in [0.25, 0.3) is 0 Å². The highest BCUT2D eigenvalue weighted by atomic mass is 16.1. The van der Waals surface area contributed by atoms with E-state index in [-0.39, 0.29) is 5.91 Å². The summed E-state index contributed by atoms with van der Waals surface area (Å²) in [6, 6.07) is 12.0. The third-order valence-corrected chi connectivity index (χ3v) is 3.65. The number of carbonyl (C=O) groups is 1. The van der Waals surface area contributed by atoms with Gasteiger partial charge < -0.3 is 10.6 Å². The molecule has 0 aliphatic rings. The van der Waals surface area contributed by atoms with Gasteiger partial charge in [0.15, 0.2) is 0 Å². The molecule has 4 nitrogen and oxygen atoms in total. The molecule has 0 spiro atoms. The van der Waals surface area contributed by atoms with Gasteiger partial charge in [-0.3, -0.25) is 4.79 Å². The Bertz CT molecular complexity index is 635. The van der Waals surface area contributed by atoms with Crippen molar-refractivity contribution in [1.29, 1.82) is 0 Å². The number of aromatic nitrogens is 1. The topological polar surface area (TPSA) is 54.0 Å². The number of benzene rings is 1. The summed E-state index contributed by atoms with van der Waals surface area (Å²) >= 11 is 0. The summed E-state index contributed by atoms with van der Waals surface area (Å²) < 4.78 is 0. The zero-order valence-electron chi connectivity index (χ0n) is 14.1. The molecule has 0 atom stereocenters. The second-order valence-electron chi connectivity index (χ2n) is 5.95. The summed E-state index contributed by atoms with van der Waals surface area (Å²) in [7, 11) is 0. The first-order valence-corrected chi connectivity index (χ1v) is 8.22. The number of para-hydroxylation sites is 1. The van der Waals surface area contributed by atoms with Gasteiger partial charge in [-0.15, -0.1) is 0 Å². The van der Waals surface area contributed by atoms with E-state index in [1.165, 1.54) is 5.56 Å². The normalized spacial score (nSPS) is 10.6. The summed E-state index contributed by atoms with van der Waals surface area (Å²) in [5.41, 5.74) is 3.05. The summed E-state index contributed by atoms with van der Waals surface area (Å²) in [5, 5.41) is 6.21. The van der Waals surface area contributed by atoms with E-state index in [1.54, 1.807) is 6.20 Å². The van der Waals surface area contributed by atoms with Gasteiger partial charge in [0.1, 0.15) is 5.82 Å². The molecule has 0 saturated carbocycles. The average Bonchev–Trinajstić information content (AvgIpc) is 2.55. The van der Waals surface area contributed by atoms with E-state index in [4.69, 9.17) is 0 Å². The number of carbonyl (C=O) groups excluding carboxylic acids is 1. The van der Waals surface area contributed by atoms with E-state index in [9.17, 15) is 4.79 Å². The van der Waals surface area contributed by atoms with Crippen molar-refractivity contribution in [3.05, 3.63) is 48.2 Å². The molecule has 1 aromatic heterocycles. The number of amides is 1. The molecule has 4 heteroatoms. The lowest BCUT2D eigenvalue weighted by Gasteiger charge is -2.14. The first-order chi connectivity index (χ1) is 11.1. The van der Waals surface area contributed by atoms with Crippen LogP contribution in [0, 0.1) is 0 Å². The Balaban J connectivity index is 2.02. The first-order valence-electron chi connectivity index (χ1n) is 8.22. The zero-order chi connectivity index (χ0) is 16.7. The minimum atomic E-state index is 0.0412. The number of pyridine rings is 1. The Morgan fingerprint density at radius 3 is 2.61 bits per heavy atom. The average molecular weight is 311 g/mol. The van der Waals surface area contributed by atoms with Crippen LogP contribution in [0.2, 0.25) is 0 Å². The van der Waals surface area contributed by atoms with Crippen LogP contribution in [0.1, 0.15) is 51.5 Å². The van der Waals surface area contributed by atoms with E-state index in [0.717, 1.165) is 30.0 Å². The van der Waals surface area contributed by atoms with Crippen LogP contribution < -0.4 is 10.6 Å². The number of hydrogen-bond donors (Lipinski definition) is 2. The van der Waals surface area contributed by atoms with Crippen LogP contribution in [-0.2, 0) is 4.79 Å². The Morgan fingerprint density at radius 1 is 1.17 bits per heavy atom. The molecule has 2 rings (SSSR count). The third-order valence-electron chi connectivity index (χ3n) is 3.65. The number of nitrogens with zero attached hydrogens (tertiary/aromatic N) is 1. The van der Waals surface area contributed by atoms with Crippen molar-refractivity contribution >= 4 is 23.1 Å². The molecular weight excluding hydrogens is 286 g/mol. The predicted octanol–water partition coefficient (Wildman–Crippen LogP) is 5.08. The van der Waals surface area contributed by atoms with Gasteiger partial charge in [-0.1, -0.05) is 45.4 Å². The van der Waals surface area contributed by atoms with Crippen LogP contribution in [0.4, 0.5) is 17.2 Å². The molecular formula is C19H25N3O. The maximum Gasteiger partial charge on any atom is 0.224 e. The maximum absolute atomic E-state index is 11.7. The lowest BCUT2D eigenvalue weighted by Crippen LogP contribution is -2.11. The second-order valence-corrected chi connectivity index (χ2v) is 5.95. The van der Waals surface area contributed by atoms with Gasteiger partial charge in [0.05, 0.1) is 11.9 Å². The molecule has 0 fully saturated rings. The van der Waals surface area contributed by atoms with Crippen molar-refractivity contribution in [2.45, 2.75) is 46.0 Å². The van der Waals surface area contributed by atoms with Gasteiger partial charge in [-0.2, -0.15) is 0 Å². The Hall–Kier alpha value is -2.36. The second kappa shape index (κ2) is 8.32. The van der Waals surface area contributed by atoms with Crippen molar-refractivity contribution in [1.82, 2.24) is 4.98 Å². The molecule has 23 heavy (non-hydrogen) atoms. The first kappa shape index (κ1) is 17.0. The Kier molecular flexibility index (Phi) is 6.15. The number of anilines is 3. The number of unbranched alkanes of at least 4 members (excludes halogenated alkanes) is 1. The lowest BCUT2D eigenvalue weighted by atomic mass is 10.0. The van der Waals surface area contributed by atoms with E-state index < -0.39 is 0 Å². The van der Waals surface area contributed by atoms with Gasteiger partial charge in [-0.25, -0.2) is 4.98 Å². The van der Waals surface area contributed by atoms with E-state index in [0.29, 0.717) is 12.3 Å². The molecule has 2 aromatic rings. The summed E-state index contributed by atoms with van der Waals surface area (Å²) in [6.45, 7) is 6.41.